The van der Waals surface area contributed by atoms with Crippen molar-refractivity contribution in [2.75, 3.05) is 5.32 Å². The van der Waals surface area contributed by atoms with E-state index in [4.69, 9.17) is 0 Å². The molecule has 2 N–H and O–H groups in total. The highest BCUT2D eigenvalue weighted by Crippen LogP contribution is 2.25. The molecule has 0 spiro atoms. The molecule has 1 aromatic carbocycles. The molecule has 3 heterocycles. The lowest BCUT2D eigenvalue weighted by Gasteiger charge is -2.09. The predicted molar refractivity (Wildman–Crippen MR) is 93.2 cm³/mol. The molecule has 11 heteroatoms. The number of hydrogen-bond acceptors (Lipinski definition) is 6. The van der Waals surface area contributed by atoms with E-state index in [1.54, 1.807) is 12.3 Å². The maximum Gasteiger partial charge on any atom is 0.573 e. The zero-order valence-electron chi connectivity index (χ0n) is 13.9. The van der Waals surface area contributed by atoms with Gasteiger partial charge in [-0.2, -0.15) is 4.98 Å². The van der Waals surface area contributed by atoms with E-state index in [0.29, 0.717) is 22.6 Å². The smallest absolute Gasteiger partial charge is 0.406 e. The number of H-pyrrole nitrogens is 1. The molecule has 0 amide bonds. The Morgan fingerprint density at radius 1 is 1.11 bits per heavy atom. The molecule has 4 rings (SSSR count). The van der Waals surface area contributed by atoms with Crippen molar-refractivity contribution in [2.24, 2.45) is 0 Å². The van der Waals surface area contributed by atoms with Crippen LogP contribution < -0.4 is 15.6 Å². The number of ether oxygens (including phenoxy) is 1. The summed E-state index contributed by atoms with van der Waals surface area (Å²) in [5, 5.41) is 7.17. The van der Waals surface area contributed by atoms with Gasteiger partial charge in [0.15, 0.2) is 5.65 Å². The summed E-state index contributed by atoms with van der Waals surface area (Å²) in [6.45, 7) is 0. The summed E-state index contributed by atoms with van der Waals surface area (Å²) in [7, 11) is 0. The first-order valence-corrected chi connectivity index (χ1v) is 7.91. The van der Waals surface area contributed by atoms with Crippen molar-refractivity contribution < 1.29 is 17.9 Å². The number of fused-ring (bicyclic) bond motifs is 1. The number of pyridine rings is 1. The van der Waals surface area contributed by atoms with Gasteiger partial charge >= 0.3 is 6.36 Å². The Kier molecular flexibility index (Phi) is 4.18. The number of anilines is 2. The molecule has 0 unspecified atom stereocenters. The van der Waals surface area contributed by atoms with Crippen molar-refractivity contribution in [1.29, 1.82) is 0 Å². The third-order valence-corrected chi connectivity index (χ3v) is 3.66. The molecular formula is C17H11F3N6O2. The van der Waals surface area contributed by atoms with Crippen molar-refractivity contribution >= 4 is 17.3 Å². The van der Waals surface area contributed by atoms with Crippen LogP contribution in [0.5, 0.6) is 5.75 Å². The molecule has 0 atom stereocenters. The summed E-state index contributed by atoms with van der Waals surface area (Å²) in [6, 6.07) is 8.17. The van der Waals surface area contributed by atoms with E-state index < -0.39 is 6.36 Å². The molecule has 0 aliphatic rings. The first-order chi connectivity index (χ1) is 13.4. The van der Waals surface area contributed by atoms with Crippen LogP contribution in [0.3, 0.4) is 0 Å². The Bertz CT molecular complexity index is 1160. The summed E-state index contributed by atoms with van der Waals surface area (Å²) in [5.74, 6) is -0.103. The van der Waals surface area contributed by atoms with Crippen LogP contribution >= 0.6 is 0 Å². The van der Waals surface area contributed by atoms with Crippen LogP contribution in [0.25, 0.3) is 16.9 Å². The maximum absolute atomic E-state index is 12.2. The van der Waals surface area contributed by atoms with Crippen LogP contribution in [-0.4, -0.2) is 30.9 Å². The largest absolute Gasteiger partial charge is 0.573 e. The topological polar surface area (TPSA) is 97.2 Å². The zero-order valence-corrected chi connectivity index (χ0v) is 13.9. The van der Waals surface area contributed by atoms with E-state index in [1.807, 2.05) is 0 Å². The normalized spacial score (nSPS) is 11.5. The molecule has 142 valence electrons. The Balaban J connectivity index is 1.61. The van der Waals surface area contributed by atoms with Gasteiger partial charge in [0, 0.05) is 35.9 Å². The van der Waals surface area contributed by atoms with Crippen LogP contribution in [0.4, 0.5) is 24.8 Å². The van der Waals surface area contributed by atoms with E-state index in [0.717, 1.165) is 0 Å². The van der Waals surface area contributed by atoms with Gasteiger partial charge in [-0.3, -0.25) is 9.78 Å². The molecule has 0 aliphatic carbocycles. The minimum atomic E-state index is -4.75. The highest BCUT2D eigenvalue weighted by atomic mass is 19.4. The zero-order chi connectivity index (χ0) is 19.7. The monoisotopic (exact) mass is 388 g/mol. The lowest BCUT2D eigenvalue weighted by atomic mass is 10.2. The fourth-order valence-electron chi connectivity index (χ4n) is 2.50. The lowest BCUT2D eigenvalue weighted by molar-refractivity contribution is -0.274. The van der Waals surface area contributed by atoms with Gasteiger partial charge in [-0.05, 0) is 30.3 Å². The highest BCUT2D eigenvalue weighted by molar-refractivity contribution is 5.73. The second-order valence-corrected chi connectivity index (χ2v) is 5.62. The van der Waals surface area contributed by atoms with E-state index >= 15 is 0 Å². The van der Waals surface area contributed by atoms with Crippen LogP contribution in [0.1, 0.15) is 0 Å². The Morgan fingerprint density at radius 3 is 2.57 bits per heavy atom. The Hall–Kier alpha value is -3.89. The summed E-state index contributed by atoms with van der Waals surface area (Å²) in [6.07, 6.45) is -0.0901. The average Bonchev–Trinajstić information content (AvgIpc) is 3.05. The number of nitrogens with one attached hydrogen (secondary N) is 2. The first kappa shape index (κ1) is 17.5. The van der Waals surface area contributed by atoms with Crippen molar-refractivity contribution in [3.63, 3.8) is 0 Å². The number of halogens is 3. The van der Waals surface area contributed by atoms with Crippen molar-refractivity contribution in [2.45, 2.75) is 6.36 Å². The van der Waals surface area contributed by atoms with Crippen LogP contribution in [0, 0.1) is 0 Å². The number of rotatable bonds is 4. The third-order valence-electron chi connectivity index (χ3n) is 3.66. The number of benzene rings is 1. The number of alkyl halides is 3. The van der Waals surface area contributed by atoms with Gasteiger partial charge in [0.2, 0.25) is 11.5 Å². The number of nitrogens with zero attached hydrogens (tertiary/aromatic N) is 4. The van der Waals surface area contributed by atoms with Crippen molar-refractivity contribution in [3.05, 3.63) is 65.3 Å². The van der Waals surface area contributed by atoms with Crippen LogP contribution in [0.2, 0.25) is 0 Å². The second-order valence-electron chi connectivity index (χ2n) is 5.62. The summed E-state index contributed by atoms with van der Waals surface area (Å²) in [5.41, 5.74) is 1.83. The number of aromatic amines is 1. The van der Waals surface area contributed by atoms with E-state index in [-0.39, 0.29) is 17.3 Å². The van der Waals surface area contributed by atoms with E-state index in [2.05, 4.69) is 30.1 Å². The number of hydrogen-bond donors (Lipinski definition) is 2. The van der Waals surface area contributed by atoms with Gasteiger partial charge < -0.3 is 15.0 Å². The molecular weight excluding hydrogens is 377 g/mol. The van der Waals surface area contributed by atoms with Gasteiger partial charge in [0.05, 0.1) is 0 Å². The van der Waals surface area contributed by atoms with Gasteiger partial charge in [-0.25, -0.2) is 4.52 Å². The Morgan fingerprint density at radius 2 is 1.89 bits per heavy atom. The molecule has 3 aromatic heterocycles. The lowest BCUT2D eigenvalue weighted by Crippen LogP contribution is -2.16. The fraction of sp³-hybridized carbons (Fsp3) is 0.0588. The highest BCUT2D eigenvalue weighted by Gasteiger charge is 2.30. The van der Waals surface area contributed by atoms with Gasteiger partial charge in [-0.15, -0.1) is 18.3 Å². The molecule has 8 nitrogen and oxygen atoms in total. The minimum Gasteiger partial charge on any atom is -0.406 e. The van der Waals surface area contributed by atoms with E-state index in [9.17, 15) is 18.0 Å². The van der Waals surface area contributed by atoms with E-state index in [1.165, 1.54) is 47.2 Å². The minimum absolute atomic E-state index is 0.225. The molecule has 0 saturated carbocycles. The summed E-state index contributed by atoms with van der Waals surface area (Å²) >= 11 is 0. The van der Waals surface area contributed by atoms with Gasteiger partial charge in [0.1, 0.15) is 11.4 Å². The molecule has 0 fully saturated rings. The molecule has 0 aliphatic heterocycles. The summed E-state index contributed by atoms with van der Waals surface area (Å²) in [4.78, 5) is 22.4. The number of aromatic nitrogens is 5. The molecule has 0 radical (unpaired) electrons. The summed E-state index contributed by atoms with van der Waals surface area (Å²) < 4.78 is 42.0. The SMILES string of the molecule is O=c1ccc(-c2nccn3nc(Nc4ccc(OC(F)(F)F)cc4)nc23)c[nH]1. The van der Waals surface area contributed by atoms with Crippen molar-refractivity contribution in [1.82, 2.24) is 24.6 Å². The van der Waals surface area contributed by atoms with Gasteiger partial charge in [-0.1, -0.05) is 0 Å². The standard InChI is InChI=1S/C17H11F3N6O2/c18-17(19,20)28-12-4-2-11(3-5-12)23-16-24-15-14(21-7-8-26(15)25-16)10-1-6-13(27)22-9-10/h1-9H,(H,22,27)(H,23,25). The third kappa shape index (κ3) is 3.77. The fourth-order valence-corrected chi connectivity index (χ4v) is 2.50. The maximum atomic E-state index is 12.2. The molecule has 0 bridgehead atoms. The second kappa shape index (κ2) is 6.68. The first-order valence-electron chi connectivity index (χ1n) is 7.91. The molecule has 28 heavy (non-hydrogen) atoms. The molecule has 0 saturated heterocycles. The Labute approximate surface area is 154 Å². The average molecular weight is 388 g/mol. The van der Waals surface area contributed by atoms with Gasteiger partial charge in [0.25, 0.3) is 0 Å². The quantitative estimate of drug-likeness (QED) is 0.558. The van der Waals surface area contributed by atoms with Crippen molar-refractivity contribution in [3.8, 4) is 17.0 Å². The van der Waals surface area contributed by atoms with Crippen LogP contribution in [0.15, 0.2) is 59.8 Å². The molecule has 4 aromatic rings. The van der Waals surface area contributed by atoms with Crippen LogP contribution in [-0.2, 0) is 0 Å². The predicted octanol–water partition coefficient (Wildman–Crippen LogP) is 3.12.